The van der Waals surface area contributed by atoms with Crippen LogP contribution in [0.4, 0.5) is 0 Å². The van der Waals surface area contributed by atoms with Crippen LogP contribution in [-0.2, 0) is 13.0 Å². The van der Waals surface area contributed by atoms with Gasteiger partial charge in [-0.1, -0.05) is 23.4 Å². The maximum Gasteiger partial charge on any atom is 0.243 e. The molecule has 0 saturated carbocycles. The van der Waals surface area contributed by atoms with Gasteiger partial charge in [-0.2, -0.15) is 4.98 Å². The maximum atomic E-state index is 6.20. The summed E-state index contributed by atoms with van der Waals surface area (Å²) >= 11 is 0. The number of nitrogens with two attached hydrogens (primary N) is 1. The second kappa shape index (κ2) is 5.67. The Bertz CT molecular complexity index is 730. The van der Waals surface area contributed by atoms with E-state index >= 15 is 0 Å². The normalized spacial score (nSPS) is 13.1. The number of benzene rings is 1. The number of hydrogen-bond donors (Lipinski definition) is 2. The Morgan fingerprint density at radius 1 is 1.33 bits per heavy atom. The van der Waals surface area contributed by atoms with Crippen molar-refractivity contribution >= 4 is 10.9 Å². The number of H-pyrrole nitrogens is 1. The van der Waals surface area contributed by atoms with Crippen molar-refractivity contribution in [3.8, 4) is 0 Å². The molecule has 3 N–H and O–H groups in total. The third-order valence-electron chi connectivity index (χ3n) is 3.37. The maximum absolute atomic E-state index is 6.20. The molecule has 6 nitrogen and oxygen atoms in total. The Kier molecular flexibility index (Phi) is 3.72. The fourth-order valence-corrected chi connectivity index (χ4v) is 2.39. The predicted octanol–water partition coefficient (Wildman–Crippen LogP) is 1.85. The molecule has 2 heterocycles. The highest BCUT2D eigenvalue weighted by Crippen LogP contribution is 2.22. The van der Waals surface area contributed by atoms with E-state index in [1.54, 1.807) is 0 Å². The van der Waals surface area contributed by atoms with Crippen LogP contribution >= 0.6 is 0 Å². The third kappa shape index (κ3) is 2.96. The molecular weight excluding hydrogens is 266 g/mol. The van der Waals surface area contributed by atoms with Crippen LogP contribution in [0.25, 0.3) is 10.9 Å². The van der Waals surface area contributed by atoms with Gasteiger partial charge in [0.15, 0.2) is 5.82 Å². The summed E-state index contributed by atoms with van der Waals surface area (Å²) < 4.78 is 5.27. The molecule has 110 valence electrons. The number of fused-ring (bicyclic) bond motifs is 1. The lowest BCUT2D eigenvalue weighted by molar-refractivity contribution is 0.336. The summed E-state index contributed by atoms with van der Waals surface area (Å²) in [5.74, 6) is 1.14. The molecule has 0 aliphatic heterocycles. The highest BCUT2D eigenvalue weighted by Gasteiger charge is 2.17. The molecule has 0 amide bonds. The van der Waals surface area contributed by atoms with Crippen LogP contribution in [0.1, 0.15) is 23.3 Å². The van der Waals surface area contributed by atoms with Gasteiger partial charge in [-0.15, -0.1) is 0 Å². The van der Waals surface area contributed by atoms with E-state index in [0.29, 0.717) is 24.7 Å². The minimum atomic E-state index is -0.299. The molecule has 0 aliphatic carbocycles. The monoisotopic (exact) mass is 285 g/mol. The molecule has 0 spiro atoms. The highest BCUT2D eigenvalue weighted by atomic mass is 16.5. The Morgan fingerprint density at radius 3 is 2.95 bits per heavy atom. The molecule has 1 atom stereocenters. The Balaban J connectivity index is 1.76. The number of para-hydroxylation sites is 1. The third-order valence-corrected chi connectivity index (χ3v) is 3.37. The molecule has 0 unspecified atom stereocenters. The molecule has 0 fully saturated rings. The van der Waals surface area contributed by atoms with E-state index in [-0.39, 0.29) is 6.04 Å². The van der Waals surface area contributed by atoms with Crippen molar-refractivity contribution < 1.29 is 4.52 Å². The molecule has 0 saturated heterocycles. The lowest BCUT2D eigenvalue weighted by Gasteiger charge is -2.06. The van der Waals surface area contributed by atoms with Gasteiger partial charge < -0.3 is 20.1 Å². The first-order valence-corrected chi connectivity index (χ1v) is 6.91. The quantitative estimate of drug-likeness (QED) is 0.747. The SMILES string of the molecule is CN(C)Cc1noc([C@@H](N)Cc2c[nH]c3ccccc23)n1. The minimum absolute atomic E-state index is 0.299. The van der Waals surface area contributed by atoms with Crippen molar-refractivity contribution in [2.45, 2.75) is 19.0 Å². The van der Waals surface area contributed by atoms with Gasteiger partial charge >= 0.3 is 0 Å². The first-order chi connectivity index (χ1) is 10.1. The number of nitrogens with zero attached hydrogens (tertiary/aromatic N) is 3. The fraction of sp³-hybridized carbons (Fsp3) is 0.333. The van der Waals surface area contributed by atoms with Crippen molar-refractivity contribution in [1.29, 1.82) is 0 Å². The predicted molar refractivity (Wildman–Crippen MR) is 80.6 cm³/mol. The van der Waals surface area contributed by atoms with Gasteiger partial charge in [0.25, 0.3) is 0 Å². The topological polar surface area (TPSA) is 84.0 Å². The van der Waals surface area contributed by atoms with E-state index in [0.717, 1.165) is 11.1 Å². The molecule has 0 bridgehead atoms. The number of hydrogen-bond acceptors (Lipinski definition) is 5. The van der Waals surface area contributed by atoms with Gasteiger partial charge in [-0.3, -0.25) is 0 Å². The molecule has 3 aromatic rings. The van der Waals surface area contributed by atoms with Gasteiger partial charge in [0, 0.05) is 17.1 Å². The average molecular weight is 285 g/mol. The number of rotatable bonds is 5. The minimum Gasteiger partial charge on any atom is -0.361 e. The Labute approximate surface area is 122 Å². The molecule has 2 aromatic heterocycles. The zero-order valence-electron chi connectivity index (χ0n) is 12.2. The number of aromatic nitrogens is 3. The average Bonchev–Trinajstić information content (AvgIpc) is 3.06. The van der Waals surface area contributed by atoms with E-state index in [9.17, 15) is 0 Å². The molecule has 3 rings (SSSR count). The zero-order chi connectivity index (χ0) is 14.8. The second-order valence-corrected chi connectivity index (χ2v) is 5.46. The highest BCUT2D eigenvalue weighted by molar-refractivity contribution is 5.83. The van der Waals surface area contributed by atoms with Crippen LogP contribution in [-0.4, -0.2) is 34.1 Å². The smallest absolute Gasteiger partial charge is 0.243 e. The Hall–Kier alpha value is -2.18. The van der Waals surface area contributed by atoms with Gasteiger partial charge in [0.1, 0.15) is 0 Å². The fourth-order valence-electron chi connectivity index (χ4n) is 2.39. The van der Waals surface area contributed by atoms with Crippen molar-refractivity contribution in [2.75, 3.05) is 14.1 Å². The van der Waals surface area contributed by atoms with Crippen molar-refractivity contribution in [2.24, 2.45) is 5.73 Å². The van der Waals surface area contributed by atoms with Crippen LogP contribution in [0.15, 0.2) is 35.0 Å². The molecule has 21 heavy (non-hydrogen) atoms. The second-order valence-electron chi connectivity index (χ2n) is 5.46. The molecule has 0 radical (unpaired) electrons. The summed E-state index contributed by atoms with van der Waals surface area (Å²) in [5, 5.41) is 5.13. The van der Waals surface area contributed by atoms with Crippen LogP contribution in [0.5, 0.6) is 0 Å². The molecular formula is C15H19N5O. The summed E-state index contributed by atoms with van der Waals surface area (Å²) in [6.07, 6.45) is 2.65. The largest absolute Gasteiger partial charge is 0.361 e. The number of nitrogens with one attached hydrogen (secondary N) is 1. The van der Waals surface area contributed by atoms with Crippen LogP contribution in [0.3, 0.4) is 0 Å². The van der Waals surface area contributed by atoms with E-state index in [4.69, 9.17) is 10.3 Å². The molecule has 0 aliphatic rings. The lowest BCUT2D eigenvalue weighted by atomic mass is 10.1. The first kappa shape index (κ1) is 13.8. The van der Waals surface area contributed by atoms with E-state index < -0.39 is 0 Å². The summed E-state index contributed by atoms with van der Waals surface area (Å²) in [4.78, 5) is 9.59. The van der Waals surface area contributed by atoms with Gasteiger partial charge in [0.2, 0.25) is 5.89 Å². The van der Waals surface area contributed by atoms with E-state index in [1.807, 2.05) is 43.4 Å². The van der Waals surface area contributed by atoms with Crippen molar-refractivity contribution in [3.63, 3.8) is 0 Å². The molecule has 1 aromatic carbocycles. The van der Waals surface area contributed by atoms with Crippen LogP contribution in [0.2, 0.25) is 0 Å². The summed E-state index contributed by atoms with van der Waals surface area (Å²) in [6.45, 7) is 0.642. The number of aromatic amines is 1. The van der Waals surface area contributed by atoms with E-state index in [1.165, 1.54) is 5.39 Å². The molecule has 6 heteroatoms. The van der Waals surface area contributed by atoms with Gasteiger partial charge in [-0.25, -0.2) is 0 Å². The van der Waals surface area contributed by atoms with Crippen molar-refractivity contribution in [3.05, 3.63) is 47.7 Å². The first-order valence-electron chi connectivity index (χ1n) is 6.91. The van der Waals surface area contributed by atoms with Crippen molar-refractivity contribution in [1.82, 2.24) is 20.0 Å². The van der Waals surface area contributed by atoms with Gasteiger partial charge in [-0.05, 0) is 32.1 Å². The zero-order valence-corrected chi connectivity index (χ0v) is 12.2. The Morgan fingerprint density at radius 2 is 2.14 bits per heavy atom. The van der Waals surface area contributed by atoms with Gasteiger partial charge in [0.05, 0.1) is 12.6 Å². The summed E-state index contributed by atoms with van der Waals surface area (Å²) in [6, 6.07) is 7.86. The summed E-state index contributed by atoms with van der Waals surface area (Å²) in [5.41, 5.74) is 8.47. The lowest BCUT2D eigenvalue weighted by Crippen LogP contribution is -2.15. The van der Waals surface area contributed by atoms with Crippen LogP contribution < -0.4 is 5.73 Å². The summed E-state index contributed by atoms with van der Waals surface area (Å²) in [7, 11) is 3.92. The standard InChI is InChI=1S/C15H19N5O/c1-20(2)9-14-18-15(21-19-14)12(16)7-10-8-17-13-6-4-3-5-11(10)13/h3-6,8,12,17H,7,9,16H2,1-2H3/t12-/m0/s1. The van der Waals surface area contributed by atoms with E-state index in [2.05, 4.69) is 21.2 Å². The van der Waals surface area contributed by atoms with Crippen LogP contribution in [0, 0.1) is 0 Å².